The molecule has 0 N–H and O–H groups in total. The molecule has 0 radical (unpaired) electrons. The van der Waals surface area contributed by atoms with Gasteiger partial charge in [0, 0.05) is 19.3 Å². The highest BCUT2D eigenvalue weighted by molar-refractivity contribution is 5.71. The van der Waals surface area contributed by atoms with Gasteiger partial charge in [0.05, 0.1) is 0 Å². The first-order chi connectivity index (χ1) is 37.5. The summed E-state index contributed by atoms with van der Waals surface area (Å²) in [5, 5.41) is 0. The van der Waals surface area contributed by atoms with Crippen molar-refractivity contribution in [2.75, 3.05) is 13.2 Å². The van der Waals surface area contributed by atoms with Crippen LogP contribution in [-0.4, -0.2) is 37.2 Å². The summed E-state index contributed by atoms with van der Waals surface area (Å²) in [7, 11) is 0. The average molecular weight is 1050 g/mol. The lowest BCUT2D eigenvalue weighted by molar-refractivity contribution is -0.166. The normalized spacial score (nSPS) is 13.2. The quantitative estimate of drug-likeness (QED) is 0.0261. The van der Waals surface area contributed by atoms with E-state index in [9.17, 15) is 14.4 Å². The Morgan fingerprint density at radius 1 is 0.276 bits per heavy atom. The predicted octanol–water partition coefficient (Wildman–Crippen LogP) is 20.9. The van der Waals surface area contributed by atoms with Crippen molar-refractivity contribution in [1.82, 2.24) is 0 Å². The summed E-state index contributed by atoms with van der Waals surface area (Å²) in [6.07, 6.45) is 91.5. The van der Waals surface area contributed by atoms with E-state index in [1.54, 1.807) is 0 Å². The van der Waals surface area contributed by atoms with Gasteiger partial charge in [-0.2, -0.15) is 0 Å². The molecule has 0 aliphatic heterocycles. The first-order valence-electron chi connectivity index (χ1n) is 30.5. The predicted molar refractivity (Wildman–Crippen MR) is 329 cm³/mol. The summed E-state index contributed by atoms with van der Waals surface area (Å²) < 4.78 is 16.7. The van der Waals surface area contributed by atoms with Crippen LogP contribution in [0.4, 0.5) is 0 Å². The van der Waals surface area contributed by atoms with Gasteiger partial charge in [-0.1, -0.05) is 269 Å². The molecule has 0 rings (SSSR count). The summed E-state index contributed by atoms with van der Waals surface area (Å²) in [4.78, 5) is 37.9. The third-order valence-corrected chi connectivity index (χ3v) is 12.3. The number of ether oxygens (including phenoxy) is 3. The van der Waals surface area contributed by atoms with Crippen LogP contribution in [0.2, 0.25) is 0 Å². The molecule has 0 aliphatic rings. The zero-order chi connectivity index (χ0) is 55.0. The first-order valence-corrected chi connectivity index (χ1v) is 30.5. The number of hydrogen-bond acceptors (Lipinski definition) is 6. The van der Waals surface area contributed by atoms with Gasteiger partial charge in [0.15, 0.2) is 6.10 Å². The van der Waals surface area contributed by atoms with Crippen molar-refractivity contribution in [3.8, 4) is 0 Å². The van der Waals surface area contributed by atoms with E-state index >= 15 is 0 Å². The Morgan fingerprint density at radius 3 is 0.855 bits per heavy atom. The van der Waals surface area contributed by atoms with Gasteiger partial charge in [-0.3, -0.25) is 14.4 Å². The number of carbonyl (C=O) groups excluding carboxylic acids is 3. The fourth-order valence-electron chi connectivity index (χ4n) is 7.80. The van der Waals surface area contributed by atoms with Crippen LogP contribution in [0, 0.1) is 0 Å². The number of carbonyl (C=O) groups is 3. The molecule has 0 saturated carbocycles. The van der Waals surface area contributed by atoms with E-state index in [1.807, 2.05) is 12.2 Å². The minimum Gasteiger partial charge on any atom is -0.462 e. The van der Waals surface area contributed by atoms with Gasteiger partial charge in [0.25, 0.3) is 0 Å². The molecule has 0 aromatic rings. The zero-order valence-electron chi connectivity index (χ0n) is 48.7. The second-order valence-corrected chi connectivity index (χ2v) is 19.5. The molecule has 1 unspecified atom stereocenters. The molecule has 0 spiro atoms. The fourth-order valence-corrected chi connectivity index (χ4v) is 7.80. The van der Waals surface area contributed by atoms with Crippen LogP contribution >= 0.6 is 0 Å². The number of hydrogen-bond donors (Lipinski definition) is 0. The van der Waals surface area contributed by atoms with Gasteiger partial charge in [-0.15, -0.1) is 0 Å². The molecule has 0 heterocycles. The molecule has 0 amide bonds. The molecular weight excluding hydrogens is 937 g/mol. The lowest BCUT2D eigenvalue weighted by Gasteiger charge is -2.18. The molecule has 0 aliphatic carbocycles. The van der Waals surface area contributed by atoms with Crippen molar-refractivity contribution in [1.29, 1.82) is 0 Å². The molecule has 0 fully saturated rings. The van der Waals surface area contributed by atoms with E-state index in [0.29, 0.717) is 19.3 Å². The standard InChI is InChI=1S/C70H110O6/c1-4-7-10-13-16-18-20-22-24-26-28-29-30-31-32-33-34-35-36-37-38-39-40-41-43-44-46-48-50-52-54-57-60-63-69(72)75-66-67(65-74-68(71)62-59-56-15-12-9-6-3)76-70(73)64-61-58-55-53-51-49-47-45-42-27-25-23-21-19-17-14-11-8-5-2/h7-8,10-11,16-19,22-25,28-29,31-32,34-35,37-38,42,45,49,51,55,58,67H,4-6,9,12-15,20-21,26-27,30,33,36,39-41,43-44,46-48,50,52-54,56-57,59-66H2,1-3H3/b10-7-,11-8-,18-16-,19-17-,24-22-,25-23-,29-28-,32-31-,35-34-,38-37-,45-42-,51-49-,58-55-. The summed E-state index contributed by atoms with van der Waals surface area (Å²) in [5.41, 5.74) is 0. The van der Waals surface area contributed by atoms with Crippen molar-refractivity contribution < 1.29 is 28.6 Å². The SMILES string of the molecule is CC/C=C\C/C=C\C/C=C\C/C=C\C/C=C\C/C=C\C/C=C\CCCCCCCCCCCCCC(=O)OCC(COC(=O)CCCCCCCC)OC(=O)CC/C=C\C/C=C\C/C=C\C/C=C\C/C=C\C/C=C\CC. The van der Waals surface area contributed by atoms with Crippen LogP contribution in [-0.2, 0) is 28.6 Å². The molecule has 0 aromatic carbocycles. The van der Waals surface area contributed by atoms with Gasteiger partial charge >= 0.3 is 17.9 Å². The minimum absolute atomic E-state index is 0.114. The molecule has 6 nitrogen and oxygen atoms in total. The molecule has 0 aromatic heterocycles. The van der Waals surface area contributed by atoms with Crippen LogP contribution in [0.1, 0.15) is 245 Å². The van der Waals surface area contributed by atoms with E-state index in [2.05, 4.69) is 167 Å². The Hall–Kier alpha value is -4.97. The Kier molecular flexibility index (Phi) is 58.5. The largest absolute Gasteiger partial charge is 0.462 e. The van der Waals surface area contributed by atoms with E-state index < -0.39 is 12.1 Å². The Bertz CT molecular complexity index is 1720. The van der Waals surface area contributed by atoms with Gasteiger partial charge in [-0.05, 0) is 116 Å². The first kappa shape index (κ1) is 71.0. The maximum Gasteiger partial charge on any atom is 0.306 e. The van der Waals surface area contributed by atoms with Crippen molar-refractivity contribution in [2.24, 2.45) is 0 Å². The maximum absolute atomic E-state index is 12.8. The second-order valence-electron chi connectivity index (χ2n) is 19.5. The number of unbranched alkanes of at least 4 members (excludes halogenated alkanes) is 16. The summed E-state index contributed by atoms with van der Waals surface area (Å²) >= 11 is 0. The lowest BCUT2D eigenvalue weighted by atomic mass is 10.0. The monoisotopic (exact) mass is 1050 g/mol. The molecule has 426 valence electrons. The van der Waals surface area contributed by atoms with Crippen LogP contribution in [0.15, 0.2) is 158 Å². The number of rotatable bonds is 53. The summed E-state index contributed by atoms with van der Waals surface area (Å²) in [6, 6.07) is 0. The van der Waals surface area contributed by atoms with Crippen LogP contribution < -0.4 is 0 Å². The number of allylic oxidation sites excluding steroid dienone is 26. The van der Waals surface area contributed by atoms with Crippen molar-refractivity contribution >= 4 is 17.9 Å². The maximum atomic E-state index is 12.8. The van der Waals surface area contributed by atoms with Gasteiger partial charge in [0.2, 0.25) is 0 Å². The third kappa shape index (κ3) is 59.9. The zero-order valence-corrected chi connectivity index (χ0v) is 48.7. The lowest BCUT2D eigenvalue weighted by Crippen LogP contribution is -2.30. The Labute approximate surface area is 467 Å². The van der Waals surface area contributed by atoms with Gasteiger partial charge < -0.3 is 14.2 Å². The van der Waals surface area contributed by atoms with Crippen molar-refractivity contribution in [3.05, 3.63) is 158 Å². The molecule has 76 heavy (non-hydrogen) atoms. The molecule has 0 saturated heterocycles. The highest BCUT2D eigenvalue weighted by Gasteiger charge is 2.19. The van der Waals surface area contributed by atoms with Crippen LogP contribution in [0.5, 0.6) is 0 Å². The topological polar surface area (TPSA) is 78.9 Å². The Morgan fingerprint density at radius 2 is 0.539 bits per heavy atom. The fraction of sp³-hybridized carbons (Fsp3) is 0.586. The highest BCUT2D eigenvalue weighted by Crippen LogP contribution is 2.14. The smallest absolute Gasteiger partial charge is 0.306 e. The van der Waals surface area contributed by atoms with Crippen LogP contribution in [0.25, 0.3) is 0 Å². The van der Waals surface area contributed by atoms with E-state index in [-0.39, 0.29) is 31.6 Å². The average Bonchev–Trinajstić information content (AvgIpc) is 3.42. The van der Waals surface area contributed by atoms with Gasteiger partial charge in [0.1, 0.15) is 13.2 Å². The van der Waals surface area contributed by atoms with Crippen LogP contribution in [0.3, 0.4) is 0 Å². The molecular formula is C70H110O6. The summed E-state index contributed by atoms with van der Waals surface area (Å²) in [5.74, 6) is -1.02. The molecule has 1 atom stereocenters. The van der Waals surface area contributed by atoms with Crippen molar-refractivity contribution in [2.45, 2.75) is 252 Å². The summed E-state index contributed by atoms with van der Waals surface area (Å²) in [6.45, 7) is 6.27. The van der Waals surface area contributed by atoms with Crippen molar-refractivity contribution in [3.63, 3.8) is 0 Å². The van der Waals surface area contributed by atoms with E-state index in [1.165, 1.54) is 77.0 Å². The Balaban J connectivity index is 4.18. The molecule has 0 bridgehead atoms. The molecule has 6 heteroatoms. The second kappa shape index (κ2) is 62.6. The van der Waals surface area contributed by atoms with E-state index in [4.69, 9.17) is 14.2 Å². The highest BCUT2D eigenvalue weighted by atomic mass is 16.6. The number of esters is 3. The van der Waals surface area contributed by atoms with E-state index in [0.717, 1.165) is 122 Å². The minimum atomic E-state index is -0.823. The van der Waals surface area contributed by atoms with Gasteiger partial charge in [-0.25, -0.2) is 0 Å². The third-order valence-electron chi connectivity index (χ3n) is 12.3.